The normalized spacial score (nSPS) is 19.9. The van der Waals surface area contributed by atoms with Crippen LogP contribution >= 0.6 is 0 Å². The molecule has 1 saturated heterocycles. The SMILES string of the molecule is Cc1ccc(N2CCNC(C)(C)C2)c(C)n1. The molecule has 1 aromatic rings. The topological polar surface area (TPSA) is 28.2 Å². The second-order valence-corrected chi connectivity index (χ2v) is 5.29. The zero-order valence-electron chi connectivity index (χ0n) is 10.7. The molecule has 0 aliphatic carbocycles. The number of hydrogen-bond donors (Lipinski definition) is 1. The van der Waals surface area contributed by atoms with Gasteiger partial charge in [-0.25, -0.2) is 0 Å². The molecule has 2 rings (SSSR count). The Morgan fingerprint density at radius 1 is 1.31 bits per heavy atom. The lowest BCUT2D eigenvalue weighted by atomic mass is 10.0. The maximum absolute atomic E-state index is 4.53. The standard InChI is InChI=1S/C13H21N3/c1-10-5-6-12(11(2)15-10)16-8-7-14-13(3,4)9-16/h5-6,14H,7-9H2,1-4H3. The van der Waals surface area contributed by atoms with Crippen LogP contribution in [-0.4, -0.2) is 30.2 Å². The Hall–Kier alpha value is -1.09. The van der Waals surface area contributed by atoms with Crippen LogP contribution in [0.4, 0.5) is 5.69 Å². The highest BCUT2D eigenvalue weighted by Crippen LogP contribution is 2.22. The van der Waals surface area contributed by atoms with E-state index >= 15 is 0 Å². The zero-order valence-corrected chi connectivity index (χ0v) is 10.7. The molecule has 0 atom stereocenters. The fraction of sp³-hybridized carbons (Fsp3) is 0.615. The summed E-state index contributed by atoms with van der Waals surface area (Å²) in [4.78, 5) is 6.96. The molecule has 0 amide bonds. The van der Waals surface area contributed by atoms with Gasteiger partial charge in [0.15, 0.2) is 0 Å². The van der Waals surface area contributed by atoms with E-state index in [-0.39, 0.29) is 5.54 Å². The lowest BCUT2D eigenvalue weighted by molar-refractivity contribution is 0.352. The van der Waals surface area contributed by atoms with Crippen molar-refractivity contribution >= 4 is 5.69 Å². The number of pyridine rings is 1. The molecule has 3 heteroatoms. The monoisotopic (exact) mass is 219 g/mol. The lowest BCUT2D eigenvalue weighted by Gasteiger charge is -2.40. The smallest absolute Gasteiger partial charge is 0.0608 e. The lowest BCUT2D eigenvalue weighted by Crippen LogP contribution is -2.57. The van der Waals surface area contributed by atoms with E-state index in [0.717, 1.165) is 31.0 Å². The first-order chi connectivity index (χ1) is 7.48. The molecule has 0 radical (unpaired) electrons. The Balaban J connectivity index is 2.23. The molecular weight excluding hydrogens is 198 g/mol. The first-order valence-electron chi connectivity index (χ1n) is 5.92. The third-order valence-electron chi connectivity index (χ3n) is 3.11. The summed E-state index contributed by atoms with van der Waals surface area (Å²) >= 11 is 0. The average molecular weight is 219 g/mol. The molecule has 0 spiro atoms. The van der Waals surface area contributed by atoms with Crippen molar-refractivity contribution in [2.45, 2.75) is 33.2 Å². The van der Waals surface area contributed by atoms with Gasteiger partial charge in [0, 0.05) is 30.9 Å². The zero-order chi connectivity index (χ0) is 11.8. The molecule has 1 N–H and O–H groups in total. The Bertz CT molecular complexity index is 385. The second-order valence-electron chi connectivity index (χ2n) is 5.29. The van der Waals surface area contributed by atoms with Gasteiger partial charge in [-0.1, -0.05) is 0 Å². The number of piperazine rings is 1. The number of anilines is 1. The van der Waals surface area contributed by atoms with Crippen LogP contribution < -0.4 is 10.2 Å². The number of aromatic nitrogens is 1. The fourth-order valence-corrected chi connectivity index (χ4v) is 2.36. The van der Waals surface area contributed by atoms with Gasteiger partial charge in [0.05, 0.1) is 11.4 Å². The summed E-state index contributed by atoms with van der Waals surface area (Å²) in [5.74, 6) is 0. The van der Waals surface area contributed by atoms with Crippen LogP contribution in [0.5, 0.6) is 0 Å². The van der Waals surface area contributed by atoms with Crippen LogP contribution in [0.15, 0.2) is 12.1 Å². The molecule has 2 heterocycles. The molecule has 16 heavy (non-hydrogen) atoms. The van der Waals surface area contributed by atoms with Crippen molar-refractivity contribution in [1.82, 2.24) is 10.3 Å². The predicted octanol–water partition coefficient (Wildman–Crippen LogP) is 1.89. The van der Waals surface area contributed by atoms with Crippen molar-refractivity contribution in [3.05, 3.63) is 23.5 Å². The first-order valence-corrected chi connectivity index (χ1v) is 5.92. The molecule has 1 fully saturated rings. The van der Waals surface area contributed by atoms with Crippen molar-refractivity contribution in [3.8, 4) is 0 Å². The maximum Gasteiger partial charge on any atom is 0.0608 e. The molecule has 1 aliphatic rings. The number of hydrogen-bond acceptors (Lipinski definition) is 3. The van der Waals surface area contributed by atoms with Crippen molar-refractivity contribution in [2.24, 2.45) is 0 Å². The van der Waals surface area contributed by atoms with Gasteiger partial charge < -0.3 is 10.2 Å². The molecule has 1 aromatic heterocycles. The average Bonchev–Trinajstić information content (AvgIpc) is 2.15. The summed E-state index contributed by atoms with van der Waals surface area (Å²) in [5.41, 5.74) is 3.70. The maximum atomic E-state index is 4.53. The van der Waals surface area contributed by atoms with Crippen molar-refractivity contribution in [3.63, 3.8) is 0 Å². The van der Waals surface area contributed by atoms with Crippen LogP contribution in [0.1, 0.15) is 25.2 Å². The van der Waals surface area contributed by atoms with Gasteiger partial charge in [0.2, 0.25) is 0 Å². The Labute approximate surface area is 97.9 Å². The van der Waals surface area contributed by atoms with E-state index in [2.05, 4.69) is 48.1 Å². The highest BCUT2D eigenvalue weighted by molar-refractivity contribution is 5.51. The highest BCUT2D eigenvalue weighted by atomic mass is 15.2. The van der Waals surface area contributed by atoms with Crippen LogP contribution in [0.3, 0.4) is 0 Å². The summed E-state index contributed by atoms with van der Waals surface area (Å²) in [6, 6.07) is 4.29. The first kappa shape index (κ1) is 11.4. The van der Waals surface area contributed by atoms with Gasteiger partial charge in [0.25, 0.3) is 0 Å². The van der Waals surface area contributed by atoms with Crippen LogP contribution in [0, 0.1) is 13.8 Å². The number of rotatable bonds is 1. The van der Waals surface area contributed by atoms with E-state index < -0.39 is 0 Å². The molecule has 0 bridgehead atoms. The van der Waals surface area contributed by atoms with Gasteiger partial charge in [0.1, 0.15) is 0 Å². The number of nitrogens with zero attached hydrogens (tertiary/aromatic N) is 2. The summed E-state index contributed by atoms with van der Waals surface area (Å²) in [5, 5.41) is 3.53. The Morgan fingerprint density at radius 3 is 2.69 bits per heavy atom. The largest absolute Gasteiger partial charge is 0.367 e. The fourth-order valence-electron chi connectivity index (χ4n) is 2.36. The summed E-state index contributed by atoms with van der Waals surface area (Å²) in [7, 11) is 0. The van der Waals surface area contributed by atoms with Gasteiger partial charge in [-0.3, -0.25) is 4.98 Å². The van der Waals surface area contributed by atoms with Gasteiger partial charge in [-0.05, 0) is 39.8 Å². The summed E-state index contributed by atoms with van der Waals surface area (Å²) in [6.45, 7) is 11.8. The third kappa shape index (κ3) is 2.35. The van der Waals surface area contributed by atoms with Gasteiger partial charge in [-0.2, -0.15) is 0 Å². The van der Waals surface area contributed by atoms with Crippen molar-refractivity contribution in [1.29, 1.82) is 0 Å². The molecule has 88 valence electrons. The summed E-state index contributed by atoms with van der Waals surface area (Å²) < 4.78 is 0. The van der Waals surface area contributed by atoms with Crippen LogP contribution in [0.2, 0.25) is 0 Å². The molecule has 1 aliphatic heterocycles. The Morgan fingerprint density at radius 2 is 2.06 bits per heavy atom. The Kier molecular flexibility index (Phi) is 2.89. The van der Waals surface area contributed by atoms with E-state index in [1.165, 1.54) is 5.69 Å². The molecule has 0 saturated carbocycles. The van der Waals surface area contributed by atoms with E-state index in [1.807, 2.05) is 6.92 Å². The van der Waals surface area contributed by atoms with E-state index in [9.17, 15) is 0 Å². The third-order valence-corrected chi connectivity index (χ3v) is 3.11. The van der Waals surface area contributed by atoms with Gasteiger partial charge in [-0.15, -0.1) is 0 Å². The number of aryl methyl sites for hydroxylation is 2. The molecule has 0 aromatic carbocycles. The molecule has 3 nitrogen and oxygen atoms in total. The van der Waals surface area contributed by atoms with Crippen molar-refractivity contribution in [2.75, 3.05) is 24.5 Å². The molecular formula is C13H21N3. The molecule has 0 unspecified atom stereocenters. The number of nitrogens with one attached hydrogen (secondary N) is 1. The van der Waals surface area contributed by atoms with E-state index in [1.54, 1.807) is 0 Å². The minimum Gasteiger partial charge on any atom is -0.367 e. The predicted molar refractivity (Wildman–Crippen MR) is 68.0 cm³/mol. The minimum atomic E-state index is 0.190. The van der Waals surface area contributed by atoms with E-state index in [0.29, 0.717) is 0 Å². The van der Waals surface area contributed by atoms with Crippen LogP contribution in [-0.2, 0) is 0 Å². The van der Waals surface area contributed by atoms with E-state index in [4.69, 9.17) is 0 Å². The van der Waals surface area contributed by atoms with Crippen LogP contribution in [0.25, 0.3) is 0 Å². The van der Waals surface area contributed by atoms with Crippen molar-refractivity contribution < 1.29 is 0 Å². The quantitative estimate of drug-likeness (QED) is 0.782. The minimum absolute atomic E-state index is 0.190. The summed E-state index contributed by atoms with van der Waals surface area (Å²) in [6.07, 6.45) is 0. The van der Waals surface area contributed by atoms with Gasteiger partial charge >= 0.3 is 0 Å². The second kappa shape index (κ2) is 4.06. The highest BCUT2D eigenvalue weighted by Gasteiger charge is 2.26.